The fraction of sp³-hybridized carbons (Fsp3) is 0.440. The molecule has 2 amide bonds. The molecule has 1 aromatic rings. The van der Waals surface area contributed by atoms with E-state index in [2.05, 4.69) is 27.1 Å². The Morgan fingerprint density at radius 2 is 1.97 bits per heavy atom. The summed E-state index contributed by atoms with van der Waals surface area (Å²) >= 11 is 0. The minimum Gasteiger partial charge on any atom is -0.496 e. The summed E-state index contributed by atoms with van der Waals surface area (Å²) in [7, 11) is 2.88. The molecule has 1 saturated heterocycles. The largest absolute Gasteiger partial charge is 0.496 e. The smallest absolute Gasteiger partial charge is 0.343 e. The molecule has 1 aromatic carbocycles. The van der Waals surface area contributed by atoms with Crippen molar-refractivity contribution < 1.29 is 23.9 Å². The Balaban J connectivity index is 1.54. The van der Waals surface area contributed by atoms with Crippen molar-refractivity contribution in [3.8, 4) is 5.75 Å². The number of carbonyl (C=O) groups excluding carboxylic acids is 3. The molecule has 1 saturated carbocycles. The predicted molar refractivity (Wildman–Crippen MR) is 133 cm³/mol. The number of anilines is 1. The van der Waals surface area contributed by atoms with Crippen LogP contribution < -0.4 is 26.0 Å². The van der Waals surface area contributed by atoms with Crippen molar-refractivity contribution in [2.75, 3.05) is 38.8 Å². The van der Waals surface area contributed by atoms with E-state index in [9.17, 15) is 14.4 Å². The number of hydrogen-bond donors (Lipinski definition) is 3. The van der Waals surface area contributed by atoms with Gasteiger partial charge in [-0.1, -0.05) is 12.6 Å². The van der Waals surface area contributed by atoms with Crippen molar-refractivity contribution in [1.82, 2.24) is 10.6 Å². The number of amides is 2. The Labute approximate surface area is 205 Å². The average Bonchev–Trinajstić information content (AvgIpc) is 3.67. The second kappa shape index (κ2) is 11.5. The van der Waals surface area contributed by atoms with Crippen molar-refractivity contribution in [2.24, 2.45) is 16.6 Å². The highest BCUT2D eigenvalue weighted by atomic mass is 16.5. The van der Waals surface area contributed by atoms with E-state index in [1.165, 1.54) is 26.6 Å². The predicted octanol–water partition coefficient (Wildman–Crippen LogP) is 1.52. The first kappa shape index (κ1) is 25.8. The van der Waals surface area contributed by atoms with Crippen molar-refractivity contribution in [3.05, 3.63) is 48.3 Å². The molecule has 0 aromatic heterocycles. The standard InChI is InChI=1S/C25H33N5O5/c1-4-27-16-18(14-26)22(31)29-25(10-11-25)24(33)28-15-17-8-12-30(13-9-17)19-6-5-7-20(34-2)21(19)23(32)35-3/h4-7,14,16-17H,1,8-13,15,26H2,2-3H3,(H,28,33)(H,29,31)/b18-14+,27-16-. The van der Waals surface area contributed by atoms with E-state index in [0.717, 1.165) is 37.8 Å². The number of carbonyl (C=O) groups is 3. The second-order valence-corrected chi connectivity index (χ2v) is 8.61. The minimum absolute atomic E-state index is 0.167. The van der Waals surface area contributed by atoms with E-state index in [-0.39, 0.29) is 17.4 Å². The Kier molecular flexibility index (Phi) is 8.51. The molecular formula is C25H33N5O5. The van der Waals surface area contributed by atoms with E-state index in [4.69, 9.17) is 15.2 Å². The van der Waals surface area contributed by atoms with Gasteiger partial charge >= 0.3 is 5.97 Å². The number of esters is 1. The molecule has 0 unspecified atom stereocenters. The summed E-state index contributed by atoms with van der Waals surface area (Å²) in [6.07, 6.45) is 6.59. The van der Waals surface area contributed by atoms with Crippen LogP contribution in [0, 0.1) is 5.92 Å². The van der Waals surface area contributed by atoms with Crippen LogP contribution in [-0.4, -0.2) is 63.4 Å². The molecule has 10 heteroatoms. The number of benzene rings is 1. The number of ether oxygens (including phenoxy) is 2. The van der Waals surface area contributed by atoms with Crippen molar-refractivity contribution in [2.45, 2.75) is 31.2 Å². The van der Waals surface area contributed by atoms with Crippen LogP contribution >= 0.6 is 0 Å². The van der Waals surface area contributed by atoms with Gasteiger partial charge < -0.3 is 30.7 Å². The summed E-state index contributed by atoms with van der Waals surface area (Å²) in [6, 6.07) is 5.48. The molecule has 1 aliphatic carbocycles. The molecule has 0 bridgehead atoms. The lowest BCUT2D eigenvalue weighted by Gasteiger charge is -2.35. The number of methoxy groups -OCH3 is 2. The number of nitrogens with two attached hydrogens (primary N) is 1. The molecule has 10 nitrogen and oxygen atoms in total. The first-order chi connectivity index (χ1) is 16.9. The van der Waals surface area contributed by atoms with Crippen LogP contribution in [0.4, 0.5) is 5.69 Å². The maximum atomic E-state index is 12.8. The fourth-order valence-electron chi connectivity index (χ4n) is 4.18. The summed E-state index contributed by atoms with van der Waals surface area (Å²) in [5.74, 6) is -0.311. The molecule has 0 radical (unpaired) electrons. The minimum atomic E-state index is -0.899. The summed E-state index contributed by atoms with van der Waals surface area (Å²) in [4.78, 5) is 43.6. The maximum Gasteiger partial charge on any atom is 0.343 e. The Morgan fingerprint density at radius 1 is 1.26 bits per heavy atom. The van der Waals surface area contributed by atoms with Gasteiger partial charge in [-0.25, -0.2) is 4.79 Å². The molecule has 3 rings (SSSR count). The van der Waals surface area contributed by atoms with Crippen LogP contribution in [0.2, 0.25) is 0 Å². The van der Waals surface area contributed by atoms with Crippen LogP contribution in [0.1, 0.15) is 36.0 Å². The van der Waals surface area contributed by atoms with Gasteiger partial charge in [0, 0.05) is 38.2 Å². The molecule has 0 spiro atoms. The van der Waals surface area contributed by atoms with Gasteiger partial charge in [-0.2, -0.15) is 0 Å². The average molecular weight is 484 g/mol. The zero-order chi connectivity index (χ0) is 25.4. The Hall–Kier alpha value is -3.82. The van der Waals surface area contributed by atoms with E-state index in [1.807, 2.05) is 12.1 Å². The highest BCUT2D eigenvalue weighted by molar-refractivity contribution is 6.13. The van der Waals surface area contributed by atoms with E-state index >= 15 is 0 Å². The van der Waals surface area contributed by atoms with Crippen LogP contribution in [0.5, 0.6) is 5.75 Å². The molecule has 4 N–H and O–H groups in total. The van der Waals surface area contributed by atoms with Crippen molar-refractivity contribution >= 4 is 29.7 Å². The Bertz CT molecular complexity index is 1020. The molecular weight excluding hydrogens is 450 g/mol. The molecule has 2 aliphatic rings. The summed E-state index contributed by atoms with van der Waals surface area (Å²) < 4.78 is 10.3. The van der Waals surface area contributed by atoms with E-state index in [0.29, 0.717) is 30.7 Å². The first-order valence-electron chi connectivity index (χ1n) is 11.6. The maximum absolute atomic E-state index is 12.8. The fourth-order valence-corrected chi connectivity index (χ4v) is 4.18. The third kappa shape index (κ3) is 6.00. The first-order valence-corrected chi connectivity index (χ1v) is 11.6. The number of aliphatic imine (C=N–C) groups is 1. The highest BCUT2D eigenvalue weighted by Gasteiger charge is 2.51. The number of rotatable bonds is 10. The normalized spacial score (nSPS) is 17.5. The highest BCUT2D eigenvalue weighted by Crippen LogP contribution is 2.36. The number of nitrogens with one attached hydrogen (secondary N) is 2. The van der Waals surface area contributed by atoms with Gasteiger partial charge in [-0.15, -0.1) is 0 Å². The third-order valence-corrected chi connectivity index (χ3v) is 6.42. The molecule has 35 heavy (non-hydrogen) atoms. The number of nitrogens with zero attached hydrogens (tertiary/aromatic N) is 2. The van der Waals surface area contributed by atoms with Gasteiger partial charge in [0.2, 0.25) is 5.91 Å². The summed E-state index contributed by atoms with van der Waals surface area (Å²) in [5.41, 5.74) is 5.97. The SMILES string of the molecule is C=C/N=C\C(=C/N)C(=O)NC1(C(=O)NCC2CCN(c3cccc(OC)c3C(=O)OC)CC2)CC1. The van der Waals surface area contributed by atoms with Crippen LogP contribution in [0.25, 0.3) is 0 Å². The van der Waals surface area contributed by atoms with Gasteiger partial charge in [0.15, 0.2) is 0 Å². The van der Waals surface area contributed by atoms with E-state index in [1.54, 1.807) is 6.07 Å². The summed E-state index contributed by atoms with van der Waals surface area (Å²) in [6.45, 7) is 5.44. The van der Waals surface area contributed by atoms with Gasteiger partial charge in [0.1, 0.15) is 16.9 Å². The van der Waals surface area contributed by atoms with E-state index < -0.39 is 17.4 Å². The molecule has 0 atom stereocenters. The summed E-state index contributed by atoms with van der Waals surface area (Å²) in [5, 5.41) is 5.79. The van der Waals surface area contributed by atoms with Crippen molar-refractivity contribution in [3.63, 3.8) is 0 Å². The number of hydrogen-bond acceptors (Lipinski definition) is 8. The topological polar surface area (TPSA) is 135 Å². The van der Waals surface area contributed by atoms with Crippen LogP contribution in [-0.2, 0) is 14.3 Å². The van der Waals surface area contributed by atoms with Gasteiger partial charge in [0.05, 0.1) is 25.5 Å². The quantitative estimate of drug-likeness (QED) is 0.261. The molecule has 1 aliphatic heterocycles. The molecule has 2 fully saturated rings. The van der Waals surface area contributed by atoms with Crippen LogP contribution in [0.15, 0.2) is 47.7 Å². The zero-order valence-electron chi connectivity index (χ0n) is 20.2. The monoisotopic (exact) mass is 483 g/mol. The Morgan fingerprint density at radius 3 is 2.54 bits per heavy atom. The van der Waals surface area contributed by atoms with Gasteiger partial charge in [0.25, 0.3) is 5.91 Å². The molecule has 1 heterocycles. The number of piperidine rings is 1. The zero-order valence-corrected chi connectivity index (χ0v) is 20.2. The lowest BCUT2D eigenvalue weighted by molar-refractivity contribution is -0.128. The lowest BCUT2D eigenvalue weighted by Crippen LogP contribution is -2.51. The molecule has 188 valence electrons. The van der Waals surface area contributed by atoms with Crippen molar-refractivity contribution in [1.29, 1.82) is 0 Å². The van der Waals surface area contributed by atoms with Crippen LogP contribution in [0.3, 0.4) is 0 Å². The third-order valence-electron chi connectivity index (χ3n) is 6.42. The second-order valence-electron chi connectivity index (χ2n) is 8.61. The lowest BCUT2D eigenvalue weighted by atomic mass is 9.95. The van der Waals surface area contributed by atoms with Gasteiger partial charge in [-0.3, -0.25) is 14.6 Å². The van der Waals surface area contributed by atoms with Gasteiger partial charge in [-0.05, 0) is 43.7 Å².